The molecule has 0 saturated carbocycles. The van der Waals surface area contributed by atoms with Gasteiger partial charge in [-0.1, -0.05) is 47.6 Å². The van der Waals surface area contributed by atoms with Gasteiger partial charge in [0.25, 0.3) is 11.6 Å². The van der Waals surface area contributed by atoms with E-state index in [1.54, 1.807) is 19.1 Å². The van der Waals surface area contributed by atoms with E-state index in [0.29, 0.717) is 12.0 Å². The number of carbonyl (C=O) groups excluding carboxylic acids is 1. The first-order valence-corrected chi connectivity index (χ1v) is 7.87. The smallest absolute Gasteiger partial charge is 0.269 e. The molecule has 2 atom stereocenters. The molecule has 7 nitrogen and oxygen atoms in total. The van der Waals surface area contributed by atoms with Crippen LogP contribution in [0.15, 0.2) is 59.8 Å². The largest absolute Gasteiger partial charge is 0.382 e. The van der Waals surface area contributed by atoms with Gasteiger partial charge in [-0.2, -0.15) is 0 Å². The minimum absolute atomic E-state index is 0.00888. The minimum Gasteiger partial charge on any atom is -0.382 e. The maximum Gasteiger partial charge on any atom is 0.269 e. The molecule has 2 aromatic rings. The topological polar surface area (TPSA) is 93.8 Å². The van der Waals surface area contributed by atoms with Gasteiger partial charge >= 0.3 is 0 Å². The Morgan fingerprint density at radius 3 is 2.76 bits per heavy atom. The molecule has 0 radical (unpaired) electrons. The molecule has 1 amide bonds. The molecule has 0 saturated heterocycles. The van der Waals surface area contributed by atoms with Gasteiger partial charge in [0.05, 0.1) is 16.7 Å². The molecule has 0 aromatic heterocycles. The Morgan fingerprint density at radius 1 is 1.28 bits per heavy atom. The summed E-state index contributed by atoms with van der Waals surface area (Å²) >= 11 is 0. The lowest BCUT2D eigenvalue weighted by atomic mass is 10.0. The average molecular weight is 339 g/mol. The summed E-state index contributed by atoms with van der Waals surface area (Å²) in [6.07, 6.45) is -0.311. The fraction of sp³-hybridized carbons (Fsp3) is 0.222. The average Bonchev–Trinajstić information content (AvgIpc) is 3.13. The van der Waals surface area contributed by atoms with E-state index >= 15 is 0 Å². The van der Waals surface area contributed by atoms with E-state index in [1.807, 2.05) is 30.3 Å². The van der Waals surface area contributed by atoms with Crippen LogP contribution in [-0.2, 0) is 9.63 Å². The molecule has 0 spiro atoms. The fourth-order valence-corrected chi connectivity index (χ4v) is 2.62. The normalized spacial score (nSPS) is 17.3. The van der Waals surface area contributed by atoms with Gasteiger partial charge in [-0.25, -0.2) is 0 Å². The van der Waals surface area contributed by atoms with Crippen molar-refractivity contribution in [1.29, 1.82) is 0 Å². The summed E-state index contributed by atoms with van der Waals surface area (Å²) < 4.78 is 0. The van der Waals surface area contributed by atoms with Crippen LogP contribution < -0.4 is 5.32 Å². The summed E-state index contributed by atoms with van der Waals surface area (Å²) in [4.78, 5) is 28.0. The van der Waals surface area contributed by atoms with Crippen LogP contribution >= 0.6 is 0 Å². The number of non-ortho nitro benzene ring substituents is 1. The molecule has 0 fully saturated rings. The molecule has 3 rings (SSSR count). The lowest BCUT2D eigenvalue weighted by Gasteiger charge is -2.16. The van der Waals surface area contributed by atoms with Crippen molar-refractivity contribution in [2.45, 2.75) is 25.5 Å². The molecule has 0 bridgehead atoms. The van der Waals surface area contributed by atoms with E-state index in [-0.39, 0.29) is 17.6 Å². The van der Waals surface area contributed by atoms with Crippen molar-refractivity contribution in [1.82, 2.24) is 5.32 Å². The standard InChI is InChI=1S/C18H17N3O4/c1-12(14-8-5-9-15(10-14)21(23)24)19-18(22)17-11-16(20-25-17)13-6-3-2-4-7-13/h2-10,12,17H,11H2,1H3,(H,19,22)/t12-,17+/m1/s1. The first-order chi connectivity index (χ1) is 12.0. The second kappa shape index (κ2) is 7.12. The van der Waals surface area contributed by atoms with Crippen LogP contribution in [0, 0.1) is 10.1 Å². The fourth-order valence-electron chi connectivity index (χ4n) is 2.62. The van der Waals surface area contributed by atoms with E-state index in [2.05, 4.69) is 10.5 Å². The quantitative estimate of drug-likeness (QED) is 0.669. The predicted octanol–water partition coefficient (Wildman–Crippen LogP) is 2.97. The Kier molecular flexibility index (Phi) is 4.74. The van der Waals surface area contributed by atoms with Gasteiger partial charge in [0, 0.05) is 18.6 Å². The third-order valence-electron chi connectivity index (χ3n) is 4.01. The third-order valence-corrected chi connectivity index (χ3v) is 4.01. The van der Waals surface area contributed by atoms with Crippen molar-refractivity contribution in [3.05, 3.63) is 75.8 Å². The highest BCUT2D eigenvalue weighted by atomic mass is 16.6. The summed E-state index contributed by atoms with van der Waals surface area (Å²) in [5, 5.41) is 17.7. The predicted molar refractivity (Wildman–Crippen MR) is 92.1 cm³/mol. The molecule has 1 heterocycles. The van der Waals surface area contributed by atoms with Crippen molar-refractivity contribution >= 4 is 17.3 Å². The number of nitrogens with zero attached hydrogens (tertiary/aromatic N) is 2. The third kappa shape index (κ3) is 3.82. The Labute approximate surface area is 144 Å². The summed E-state index contributed by atoms with van der Waals surface area (Å²) in [7, 11) is 0. The molecule has 128 valence electrons. The molecular formula is C18H17N3O4. The van der Waals surface area contributed by atoms with Gasteiger partial charge in [0.1, 0.15) is 0 Å². The maximum atomic E-state index is 12.4. The van der Waals surface area contributed by atoms with Crippen LogP contribution in [-0.4, -0.2) is 22.6 Å². The number of hydrogen-bond donors (Lipinski definition) is 1. The molecule has 1 aliphatic heterocycles. The Bertz CT molecular complexity index is 820. The van der Waals surface area contributed by atoms with Crippen LogP contribution in [0.3, 0.4) is 0 Å². The first-order valence-electron chi connectivity index (χ1n) is 7.87. The lowest BCUT2D eigenvalue weighted by Crippen LogP contribution is -2.36. The number of nitrogens with one attached hydrogen (secondary N) is 1. The highest BCUT2D eigenvalue weighted by Gasteiger charge is 2.29. The van der Waals surface area contributed by atoms with E-state index in [9.17, 15) is 14.9 Å². The molecule has 0 aliphatic carbocycles. The van der Waals surface area contributed by atoms with Gasteiger partial charge in [-0.05, 0) is 18.1 Å². The number of amides is 1. The molecule has 7 heteroatoms. The number of nitro benzene ring substituents is 1. The van der Waals surface area contributed by atoms with Gasteiger partial charge < -0.3 is 10.2 Å². The van der Waals surface area contributed by atoms with Gasteiger partial charge in [0.15, 0.2) is 0 Å². The van der Waals surface area contributed by atoms with Crippen molar-refractivity contribution in [3.8, 4) is 0 Å². The van der Waals surface area contributed by atoms with Crippen molar-refractivity contribution in [3.63, 3.8) is 0 Å². The Morgan fingerprint density at radius 2 is 2.04 bits per heavy atom. The summed E-state index contributed by atoms with van der Waals surface area (Å²) in [5.41, 5.74) is 2.29. The minimum atomic E-state index is -0.698. The maximum absolute atomic E-state index is 12.4. The van der Waals surface area contributed by atoms with Crippen molar-refractivity contribution < 1.29 is 14.6 Å². The van der Waals surface area contributed by atoms with Gasteiger partial charge in [-0.15, -0.1) is 0 Å². The summed E-state index contributed by atoms with van der Waals surface area (Å²) in [6.45, 7) is 1.77. The van der Waals surface area contributed by atoms with E-state index < -0.39 is 11.0 Å². The monoisotopic (exact) mass is 339 g/mol. The van der Waals surface area contributed by atoms with Gasteiger partial charge in [0.2, 0.25) is 6.10 Å². The number of hydrogen-bond acceptors (Lipinski definition) is 5. The zero-order valence-electron chi connectivity index (χ0n) is 13.6. The van der Waals surface area contributed by atoms with Crippen LogP contribution in [0.25, 0.3) is 0 Å². The highest BCUT2D eigenvalue weighted by molar-refractivity contribution is 6.04. The van der Waals surface area contributed by atoms with Crippen LogP contribution in [0.4, 0.5) is 5.69 Å². The van der Waals surface area contributed by atoms with Crippen LogP contribution in [0.2, 0.25) is 0 Å². The second-order valence-electron chi connectivity index (χ2n) is 5.78. The molecule has 1 N–H and O–H groups in total. The van der Waals surface area contributed by atoms with Crippen molar-refractivity contribution in [2.75, 3.05) is 0 Å². The molecule has 1 aliphatic rings. The zero-order valence-corrected chi connectivity index (χ0v) is 13.6. The highest BCUT2D eigenvalue weighted by Crippen LogP contribution is 2.21. The zero-order chi connectivity index (χ0) is 17.8. The lowest BCUT2D eigenvalue weighted by molar-refractivity contribution is -0.384. The van der Waals surface area contributed by atoms with Crippen LogP contribution in [0.1, 0.15) is 30.5 Å². The van der Waals surface area contributed by atoms with E-state index in [1.165, 1.54) is 12.1 Å². The molecule has 2 aromatic carbocycles. The molecule has 0 unspecified atom stereocenters. The summed E-state index contributed by atoms with van der Waals surface area (Å²) in [6, 6.07) is 15.3. The van der Waals surface area contributed by atoms with E-state index in [4.69, 9.17) is 4.84 Å². The molecule has 25 heavy (non-hydrogen) atoms. The SMILES string of the molecule is C[C@@H](NC(=O)[C@@H]1CC(c2ccccc2)=NO1)c1cccc([N+](=O)[O-])c1. The van der Waals surface area contributed by atoms with E-state index in [0.717, 1.165) is 11.3 Å². The second-order valence-corrected chi connectivity index (χ2v) is 5.78. The molecular weight excluding hydrogens is 322 g/mol. The Hall–Kier alpha value is -3.22. The van der Waals surface area contributed by atoms with Crippen LogP contribution in [0.5, 0.6) is 0 Å². The number of nitro groups is 1. The Balaban J connectivity index is 1.62. The number of carbonyl (C=O) groups is 1. The number of oxime groups is 1. The number of benzene rings is 2. The van der Waals surface area contributed by atoms with Crippen molar-refractivity contribution in [2.24, 2.45) is 5.16 Å². The summed E-state index contributed by atoms with van der Waals surface area (Å²) in [5.74, 6) is -0.298. The van der Waals surface area contributed by atoms with Gasteiger partial charge in [-0.3, -0.25) is 14.9 Å². The first kappa shape index (κ1) is 16.6. The number of rotatable bonds is 5.